The van der Waals surface area contributed by atoms with Gasteiger partial charge < -0.3 is 17.2 Å². The van der Waals surface area contributed by atoms with E-state index >= 15 is 0 Å². The van der Waals surface area contributed by atoms with Gasteiger partial charge in [0.2, 0.25) is 0 Å². The number of carbonyl (C=O) groups excluding carboxylic acids is 1. The van der Waals surface area contributed by atoms with Crippen molar-refractivity contribution in [2.75, 3.05) is 11.5 Å². The first kappa shape index (κ1) is 16.4. The van der Waals surface area contributed by atoms with Crippen molar-refractivity contribution in [1.82, 2.24) is 15.0 Å². The molecule has 128 valence electrons. The molecular weight excluding hydrogens is 337 g/mol. The van der Waals surface area contributed by atoms with E-state index in [1.165, 1.54) is 18.3 Å². The Bertz CT molecular complexity index is 1000. The number of hydrogen-bond donors (Lipinski definition) is 3. The van der Waals surface area contributed by atoms with Crippen molar-refractivity contribution in [3.63, 3.8) is 0 Å². The summed E-state index contributed by atoms with van der Waals surface area (Å²) in [5.41, 5.74) is 14.6. The second-order valence-corrected chi connectivity index (χ2v) is 5.14. The second-order valence-electron chi connectivity index (χ2n) is 5.14. The summed E-state index contributed by atoms with van der Waals surface area (Å²) in [6.45, 7) is 0. The van der Waals surface area contributed by atoms with E-state index in [-0.39, 0.29) is 39.4 Å². The van der Waals surface area contributed by atoms with Crippen LogP contribution in [0.25, 0.3) is 22.2 Å². The lowest BCUT2D eigenvalue weighted by atomic mass is 9.97. The highest BCUT2D eigenvalue weighted by atomic mass is 19.4. The van der Waals surface area contributed by atoms with Gasteiger partial charge in [0.15, 0.2) is 5.69 Å². The van der Waals surface area contributed by atoms with Gasteiger partial charge >= 0.3 is 6.18 Å². The largest absolute Gasteiger partial charge is 0.417 e. The van der Waals surface area contributed by atoms with Crippen molar-refractivity contribution in [3.8, 4) is 11.1 Å². The Labute approximate surface area is 138 Å². The molecular formula is C15H11F3N6O. The van der Waals surface area contributed by atoms with Crippen molar-refractivity contribution < 1.29 is 18.0 Å². The van der Waals surface area contributed by atoms with E-state index in [1.54, 1.807) is 0 Å². The molecule has 25 heavy (non-hydrogen) atoms. The zero-order valence-corrected chi connectivity index (χ0v) is 12.5. The van der Waals surface area contributed by atoms with Gasteiger partial charge in [-0.25, -0.2) is 9.97 Å². The average molecular weight is 348 g/mol. The Morgan fingerprint density at radius 3 is 2.52 bits per heavy atom. The Kier molecular flexibility index (Phi) is 3.67. The van der Waals surface area contributed by atoms with E-state index < -0.39 is 17.6 Å². The third-order valence-electron chi connectivity index (χ3n) is 3.51. The molecule has 0 unspecified atom stereocenters. The molecule has 0 atom stereocenters. The van der Waals surface area contributed by atoms with Crippen molar-refractivity contribution in [3.05, 3.63) is 41.9 Å². The minimum atomic E-state index is -4.73. The van der Waals surface area contributed by atoms with E-state index in [9.17, 15) is 18.0 Å². The molecule has 0 radical (unpaired) electrons. The molecule has 0 fully saturated rings. The van der Waals surface area contributed by atoms with Crippen LogP contribution in [0.3, 0.4) is 0 Å². The molecule has 3 heterocycles. The quantitative estimate of drug-likeness (QED) is 0.648. The van der Waals surface area contributed by atoms with Crippen LogP contribution in [0.5, 0.6) is 0 Å². The predicted octanol–water partition coefficient (Wildman–Crippen LogP) is 1.97. The van der Waals surface area contributed by atoms with Crippen LogP contribution in [-0.4, -0.2) is 20.9 Å². The van der Waals surface area contributed by atoms with Gasteiger partial charge in [-0.05, 0) is 18.2 Å². The van der Waals surface area contributed by atoms with Gasteiger partial charge in [0, 0.05) is 23.5 Å². The molecule has 0 aromatic carbocycles. The number of rotatable bonds is 2. The number of fused-ring (bicyclic) bond motifs is 1. The Hall–Kier alpha value is -3.43. The molecule has 0 aliphatic rings. The van der Waals surface area contributed by atoms with Crippen LogP contribution in [0, 0.1) is 0 Å². The van der Waals surface area contributed by atoms with Gasteiger partial charge in [-0.3, -0.25) is 9.78 Å². The number of aromatic nitrogens is 3. The first-order chi connectivity index (χ1) is 11.7. The minimum absolute atomic E-state index is 0.0853. The molecule has 3 aromatic heterocycles. The van der Waals surface area contributed by atoms with E-state index in [0.717, 1.165) is 6.20 Å². The van der Waals surface area contributed by atoms with E-state index in [2.05, 4.69) is 15.0 Å². The van der Waals surface area contributed by atoms with E-state index in [1.807, 2.05) is 0 Å². The number of alkyl halides is 3. The molecule has 1 amide bonds. The van der Waals surface area contributed by atoms with Crippen molar-refractivity contribution in [2.24, 2.45) is 5.73 Å². The number of nitrogens with zero attached hydrogens (tertiary/aromatic N) is 3. The third kappa shape index (κ3) is 2.77. The standard InChI is InChI=1S/C15H11F3N6O/c16-15(17,18)7-4-9(19)23-5-6(7)10-11(20)13(14(21)25)24-8-2-1-3-22-12(8)10/h1-5H,20H2,(H2,19,23)(H2,21,25). The molecule has 0 saturated heterocycles. The summed E-state index contributed by atoms with van der Waals surface area (Å²) >= 11 is 0. The smallest absolute Gasteiger partial charge is 0.396 e. The van der Waals surface area contributed by atoms with Crippen LogP contribution in [-0.2, 0) is 6.18 Å². The van der Waals surface area contributed by atoms with Crippen LogP contribution in [0.4, 0.5) is 24.7 Å². The van der Waals surface area contributed by atoms with Crippen LogP contribution < -0.4 is 17.2 Å². The van der Waals surface area contributed by atoms with Gasteiger partial charge in [0.25, 0.3) is 5.91 Å². The summed E-state index contributed by atoms with van der Waals surface area (Å²) in [5, 5.41) is 0. The SMILES string of the molecule is NC(=O)c1nc2cccnc2c(-c2cnc(N)cc2C(F)(F)F)c1N. The lowest BCUT2D eigenvalue weighted by Crippen LogP contribution is -2.17. The number of nitrogen functional groups attached to an aromatic ring is 2. The zero-order chi connectivity index (χ0) is 18.4. The molecule has 6 N–H and O–H groups in total. The summed E-state index contributed by atoms with van der Waals surface area (Å²) in [6.07, 6.45) is -2.42. The van der Waals surface area contributed by atoms with Gasteiger partial charge in [0.05, 0.1) is 22.3 Å². The Morgan fingerprint density at radius 2 is 1.88 bits per heavy atom. The molecule has 3 rings (SSSR count). The van der Waals surface area contributed by atoms with Gasteiger partial charge in [-0.15, -0.1) is 0 Å². The molecule has 0 bridgehead atoms. The van der Waals surface area contributed by atoms with Crippen LogP contribution >= 0.6 is 0 Å². The lowest BCUT2D eigenvalue weighted by molar-refractivity contribution is -0.137. The van der Waals surface area contributed by atoms with Crippen molar-refractivity contribution in [2.45, 2.75) is 6.18 Å². The van der Waals surface area contributed by atoms with Gasteiger partial charge in [0.1, 0.15) is 5.82 Å². The predicted molar refractivity (Wildman–Crippen MR) is 85.1 cm³/mol. The molecule has 3 aromatic rings. The van der Waals surface area contributed by atoms with Crippen LogP contribution in [0.1, 0.15) is 16.1 Å². The fourth-order valence-corrected chi connectivity index (χ4v) is 2.47. The molecule has 0 spiro atoms. The molecule has 0 aliphatic heterocycles. The fraction of sp³-hybridized carbons (Fsp3) is 0.0667. The number of amides is 1. The summed E-state index contributed by atoms with van der Waals surface area (Å²) in [5.74, 6) is -1.28. The maximum absolute atomic E-state index is 13.5. The molecule has 0 saturated carbocycles. The van der Waals surface area contributed by atoms with Gasteiger partial charge in [-0.1, -0.05) is 0 Å². The topological polar surface area (TPSA) is 134 Å². The molecule has 10 heteroatoms. The van der Waals surface area contributed by atoms with Crippen LogP contribution in [0.2, 0.25) is 0 Å². The maximum atomic E-state index is 13.5. The minimum Gasteiger partial charge on any atom is -0.396 e. The summed E-state index contributed by atoms with van der Waals surface area (Å²) in [7, 11) is 0. The highest BCUT2D eigenvalue weighted by Gasteiger charge is 2.36. The first-order valence-corrected chi connectivity index (χ1v) is 6.87. The normalized spacial score (nSPS) is 11.6. The van der Waals surface area contributed by atoms with Crippen molar-refractivity contribution in [1.29, 1.82) is 0 Å². The average Bonchev–Trinajstić information content (AvgIpc) is 2.54. The number of carbonyl (C=O) groups is 1. The third-order valence-corrected chi connectivity index (χ3v) is 3.51. The maximum Gasteiger partial charge on any atom is 0.417 e. The number of primary amides is 1. The lowest BCUT2D eigenvalue weighted by Gasteiger charge is -2.17. The summed E-state index contributed by atoms with van der Waals surface area (Å²) < 4.78 is 40.4. The first-order valence-electron chi connectivity index (χ1n) is 6.87. The van der Waals surface area contributed by atoms with Gasteiger partial charge in [-0.2, -0.15) is 13.2 Å². The van der Waals surface area contributed by atoms with E-state index in [0.29, 0.717) is 6.07 Å². The number of nitrogens with two attached hydrogens (primary N) is 3. The van der Waals surface area contributed by atoms with E-state index in [4.69, 9.17) is 17.2 Å². The highest BCUT2D eigenvalue weighted by Crippen LogP contribution is 2.42. The summed E-state index contributed by atoms with van der Waals surface area (Å²) in [4.78, 5) is 23.3. The van der Waals surface area contributed by atoms with Crippen molar-refractivity contribution >= 4 is 28.4 Å². The zero-order valence-electron chi connectivity index (χ0n) is 12.5. The monoisotopic (exact) mass is 348 g/mol. The number of anilines is 2. The number of halogens is 3. The van der Waals surface area contributed by atoms with Crippen LogP contribution in [0.15, 0.2) is 30.6 Å². The Morgan fingerprint density at radius 1 is 1.16 bits per heavy atom. The number of pyridine rings is 3. The summed E-state index contributed by atoms with van der Waals surface area (Å²) in [6, 6.07) is 3.69. The molecule has 7 nitrogen and oxygen atoms in total. The fourth-order valence-electron chi connectivity index (χ4n) is 2.47. The Balaban J connectivity index is 2.48. The number of hydrogen-bond acceptors (Lipinski definition) is 6. The molecule has 0 aliphatic carbocycles. The second kappa shape index (κ2) is 5.58. The highest BCUT2D eigenvalue weighted by molar-refractivity contribution is 6.07.